The summed E-state index contributed by atoms with van der Waals surface area (Å²) in [5.74, 6) is 0.266. The predicted octanol–water partition coefficient (Wildman–Crippen LogP) is 2.50. The van der Waals surface area contributed by atoms with Crippen LogP contribution in [0.4, 0.5) is 0 Å². The smallest absolute Gasteiger partial charge is 0.360 e. The predicted molar refractivity (Wildman–Crippen MR) is 77.7 cm³/mol. The molecular formula is C14H16ClN3O3. The summed E-state index contributed by atoms with van der Waals surface area (Å²) >= 11 is 5.80. The largest absolute Gasteiger partial charge is 0.492 e. The first-order valence-electron chi connectivity index (χ1n) is 6.57. The van der Waals surface area contributed by atoms with E-state index in [1.54, 1.807) is 42.8 Å². The summed E-state index contributed by atoms with van der Waals surface area (Å²) in [5, 5.41) is 8.43. The second-order valence-corrected chi connectivity index (χ2v) is 4.71. The number of benzene rings is 1. The van der Waals surface area contributed by atoms with Gasteiger partial charge in [0.2, 0.25) is 0 Å². The standard InChI is InChI=1S/C14H16ClN3O3/c1-3-20-14(19)13-10(2)18(17-16-13)8-9-21-12-6-4-11(15)5-7-12/h4-7H,3,8-9H2,1-2H3. The van der Waals surface area contributed by atoms with Gasteiger partial charge in [0.15, 0.2) is 5.69 Å². The van der Waals surface area contributed by atoms with E-state index in [0.717, 1.165) is 5.75 Å². The second-order valence-electron chi connectivity index (χ2n) is 4.27. The fourth-order valence-corrected chi connectivity index (χ4v) is 1.87. The van der Waals surface area contributed by atoms with Crippen molar-refractivity contribution in [2.24, 2.45) is 0 Å². The summed E-state index contributed by atoms with van der Waals surface area (Å²) < 4.78 is 12.1. The number of ether oxygens (including phenoxy) is 2. The third-order valence-electron chi connectivity index (χ3n) is 2.84. The highest BCUT2D eigenvalue weighted by Gasteiger charge is 2.17. The van der Waals surface area contributed by atoms with Gasteiger partial charge in [-0.2, -0.15) is 0 Å². The van der Waals surface area contributed by atoms with Crippen LogP contribution in [-0.2, 0) is 11.3 Å². The Morgan fingerprint density at radius 3 is 2.71 bits per heavy atom. The number of aromatic nitrogens is 3. The maximum atomic E-state index is 11.6. The molecule has 0 aliphatic heterocycles. The second kappa shape index (κ2) is 7.08. The van der Waals surface area contributed by atoms with Crippen LogP contribution in [0, 0.1) is 6.92 Å². The molecule has 0 unspecified atom stereocenters. The molecule has 0 saturated carbocycles. The summed E-state index contributed by atoms with van der Waals surface area (Å²) in [7, 11) is 0. The van der Waals surface area contributed by atoms with Crippen molar-refractivity contribution in [1.29, 1.82) is 0 Å². The third kappa shape index (κ3) is 3.95. The monoisotopic (exact) mass is 309 g/mol. The van der Waals surface area contributed by atoms with Crippen LogP contribution < -0.4 is 4.74 Å². The Morgan fingerprint density at radius 1 is 1.33 bits per heavy atom. The summed E-state index contributed by atoms with van der Waals surface area (Å²) in [4.78, 5) is 11.6. The Morgan fingerprint density at radius 2 is 2.05 bits per heavy atom. The van der Waals surface area contributed by atoms with E-state index < -0.39 is 5.97 Å². The summed E-state index contributed by atoms with van der Waals surface area (Å²) in [5.41, 5.74) is 0.900. The minimum Gasteiger partial charge on any atom is -0.492 e. The average molecular weight is 310 g/mol. The highest BCUT2D eigenvalue weighted by molar-refractivity contribution is 6.30. The van der Waals surface area contributed by atoms with Crippen molar-refractivity contribution in [3.63, 3.8) is 0 Å². The van der Waals surface area contributed by atoms with Gasteiger partial charge < -0.3 is 9.47 Å². The maximum absolute atomic E-state index is 11.6. The van der Waals surface area contributed by atoms with Crippen molar-refractivity contribution < 1.29 is 14.3 Å². The van der Waals surface area contributed by atoms with E-state index in [1.165, 1.54) is 0 Å². The lowest BCUT2D eigenvalue weighted by atomic mass is 10.3. The lowest BCUT2D eigenvalue weighted by molar-refractivity contribution is 0.0518. The summed E-state index contributed by atoms with van der Waals surface area (Å²) in [6.45, 7) is 4.73. The van der Waals surface area contributed by atoms with Gasteiger partial charge in [0.05, 0.1) is 18.8 Å². The molecular weight excluding hydrogens is 294 g/mol. The molecule has 0 N–H and O–H groups in total. The first kappa shape index (κ1) is 15.3. The molecule has 112 valence electrons. The van der Waals surface area contributed by atoms with E-state index in [1.807, 2.05) is 0 Å². The lowest BCUT2D eigenvalue weighted by Gasteiger charge is -2.07. The molecule has 21 heavy (non-hydrogen) atoms. The van der Waals surface area contributed by atoms with Crippen LogP contribution in [0.5, 0.6) is 5.75 Å². The van der Waals surface area contributed by atoms with Gasteiger partial charge in [-0.05, 0) is 38.1 Å². The molecule has 2 aromatic rings. The van der Waals surface area contributed by atoms with Crippen molar-refractivity contribution in [3.05, 3.63) is 40.7 Å². The Kier molecular flexibility index (Phi) is 5.16. The molecule has 2 rings (SSSR count). The molecule has 1 aromatic heterocycles. The summed E-state index contributed by atoms with van der Waals surface area (Å²) in [6, 6.07) is 7.11. The van der Waals surface area contributed by atoms with Gasteiger partial charge in [0.25, 0.3) is 0 Å². The molecule has 0 fully saturated rings. The zero-order chi connectivity index (χ0) is 15.2. The molecule has 1 aromatic carbocycles. The van der Waals surface area contributed by atoms with Gasteiger partial charge in [0, 0.05) is 5.02 Å². The van der Waals surface area contributed by atoms with Crippen LogP contribution in [0.25, 0.3) is 0 Å². The van der Waals surface area contributed by atoms with E-state index in [4.69, 9.17) is 21.1 Å². The molecule has 0 radical (unpaired) electrons. The highest BCUT2D eigenvalue weighted by atomic mass is 35.5. The summed E-state index contributed by atoms with van der Waals surface area (Å²) in [6.07, 6.45) is 0. The third-order valence-corrected chi connectivity index (χ3v) is 3.09. The maximum Gasteiger partial charge on any atom is 0.360 e. The van der Waals surface area contributed by atoms with Gasteiger partial charge in [0.1, 0.15) is 12.4 Å². The quantitative estimate of drug-likeness (QED) is 0.767. The normalized spacial score (nSPS) is 10.4. The highest BCUT2D eigenvalue weighted by Crippen LogP contribution is 2.15. The van der Waals surface area contributed by atoms with Crippen molar-refractivity contribution in [2.45, 2.75) is 20.4 Å². The van der Waals surface area contributed by atoms with E-state index in [2.05, 4.69) is 10.3 Å². The molecule has 0 atom stereocenters. The number of halogens is 1. The zero-order valence-electron chi connectivity index (χ0n) is 11.9. The minimum atomic E-state index is -0.458. The van der Waals surface area contributed by atoms with E-state index in [-0.39, 0.29) is 5.69 Å². The van der Waals surface area contributed by atoms with Gasteiger partial charge in [-0.25, -0.2) is 9.48 Å². The molecule has 0 amide bonds. The Bertz CT molecular complexity index is 610. The van der Waals surface area contributed by atoms with Crippen LogP contribution in [-0.4, -0.2) is 34.2 Å². The first-order valence-corrected chi connectivity index (χ1v) is 6.95. The number of carbonyl (C=O) groups excluding carboxylic acids is 1. The number of nitrogens with zero attached hydrogens (tertiary/aromatic N) is 3. The van der Waals surface area contributed by atoms with E-state index in [9.17, 15) is 4.79 Å². The van der Waals surface area contributed by atoms with Crippen LogP contribution in [0.2, 0.25) is 5.02 Å². The van der Waals surface area contributed by atoms with E-state index >= 15 is 0 Å². The minimum absolute atomic E-state index is 0.239. The fraction of sp³-hybridized carbons (Fsp3) is 0.357. The fourth-order valence-electron chi connectivity index (χ4n) is 1.74. The van der Waals surface area contributed by atoms with Crippen LogP contribution in [0.3, 0.4) is 0 Å². The van der Waals surface area contributed by atoms with Gasteiger partial charge in [-0.15, -0.1) is 5.10 Å². The first-order chi connectivity index (χ1) is 10.1. The van der Waals surface area contributed by atoms with Crippen molar-refractivity contribution in [1.82, 2.24) is 15.0 Å². The van der Waals surface area contributed by atoms with Crippen molar-refractivity contribution >= 4 is 17.6 Å². The molecule has 0 bridgehead atoms. The average Bonchev–Trinajstić information content (AvgIpc) is 2.83. The number of hydrogen-bond acceptors (Lipinski definition) is 5. The van der Waals surface area contributed by atoms with Gasteiger partial charge in [-0.1, -0.05) is 16.8 Å². The molecule has 6 nitrogen and oxygen atoms in total. The van der Waals surface area contributed by atoms with Gasteiger partial charge in [-0.3, -0.25) is 0 Å². The van der Waals surface area contributed by atoms with Crippen LogP contribution in [0.1, 0.15) is 23.1 Å². The SMILES string of the molecule is CCOC(=O)c1nnn(CCOc2ccc(Cl)cc2)c1C. The zero-order valence-corrected chi connectivity index (χ0v) is 12.6. The molecule has 1 heterocycles. The molecule has 0 aliphatic rings. The molecule has 0 spiro atoms. The Balaban J connectivity index is 1.92. The van der Waals surface area contributed by atoms with Crippen molar-refractivity contribution in [2.75, 3.05) is 13.2 Å². The Labute approximate surface area is 127 Å². The number of esters is 1. The lowest BCUT2D eigenvalue weighted by Crippen LogP contribution is -2.12. The molecule has 0 aliphatic carbocycles. The Hall–Kier alpha value is -2.08. The number of rotatable bonds is 6. The molecule has 7 heteroatoms. The number of hydrogen-bond donors (Lipinski definition) is 0. The van der Waals surface area contributed by atoms with E-state index in [0.29, 0.717) is 30.5 Å². The topological polar surface area (TPSA) is 66.2 Å². The molecule has 0 saturated heterocycles. The van der Waals surface area contributed by atoms with Crippen molar-refractivity contribution in [3.8, 4) is 5.75 Å². The number of carbonyl (C=O) groups is 1. The van der Waals surface area contributed by atoms with Crippen LogP contribution >= 0.6 is 11.6 Å². The van der Waals surface area contributed by atoms with Gasteiger partial charge >= 0.3 is 5.97 Å². The van der Waals surface area contributed by atoms with Crippen LogP contribution in [0.15, 0.2) is 24.3 Å².